The molecule has 0 radical (unpaired) electrons. The first kappa shape index (κ1) is 20.7. The van der Waals surface area contributed by atoms with E-state index >= 15 is 0 Å². The van der Waals surface area contributed by atoms with Crippen molar-refractivity contribution in [2.75, 3.05) is 25.1 Å². The zero-order valence-corrected chi connectivity index (χ0v) is 17.9. The highest BCUT2D eigenvalue weighted by Gasteiger charge is 2.50. The zero-order valence-electron chi connectivity index (χ0n) is 17.9. The number of carbonyl (C=O) groups is 3. The number of nitrogens with one attached hydrogen (secondary N) is 2. The Morgan fingerprint density at radius 2 is 1.94 bits per heavy atom. The average Bonchev–Trinajstić information content (AvgIpc) is 2.97. The third-order valence-electron chi connectivity index (χ3n) is 5.88. The van der Waals surface area contributed by atoms with E-state index in [1.807, 2.05) is 24.0 Å². The van der Waals surface area contributed by atoms with Crippen molar-refractivity contribution in [2.24, 2.45) is 0 Å². The van der Waals surface area contributed by atoms with Crippen molar-refractivity contribution >= 4 is 23.5 Å². The second-order valence-corrected chi connectivity index (χ2v) is 8.12. The number of methoxy groups -OCH3 is 1. The van der Waals surface area contributed by atoms with Gasteiger partial charge in [-0.05, 0) is 56.0 Å². The van der Waals surface area contributed by atoms with Crippen molar-refractivity contribution in [3.8, 4) is 5.75 Å². The minimum Gasteiger partial charge on any atom is -0.497 e. The van der Waals surface area contributed by atoms with Gasteiger partial charge in [0, 0.05) is 12.2 Å². The largest absolute Gasteiger partial charge is 0.497 e. The Kier molecular flexibility index (Phi) is 5.31. The minimum atomic E-state index is -1.27. The lowest BCUT2D eigenvalue weighted by Crippen LogP contribution is -2.51. The Morgan fingerprint density at radius 1 is 1.19 bits per heavy atom. The van der Waals surface area contributed by atoms with E-state index in [-0.39, 0.29) is 6.54 Å². The molecule has 8 heteroatoms. The second-order valence-electron chi connectivity index (χ2n) is 8.12. The molecule has 2 aromatic carbocycles. The van der Waals surface area contributed by atoms with Gasteiger partial charge >= 0.3 is 6.03 Å². The standard InChI is InChI=1S/C23H26N4O4/c1-15-6-11-19-16(13-15)5-4-12-26(19)14-20(28)25-27-21(29)23(2,24-22(27)30)17-7-9-18(31-3)10-8-17/h6-11,13H,4-5,12,14H2,1-3H3,(H,24,30)(H,25,28). The summed E-state index contributed by atoms with van der Waals surface area (Å²) in [6, 6.07) is 12.4. The first-order valence-electron chi connectivity index (χ1n) is 10.3. The quantitative estimate of drug-likeness (QED) is 0.722. The molecule has 0 spiro atoms. The molecule has 0 aliphatic carbocycles. The summed E-state index contributed by atoms with van der Waals surface area (Å²) in [7, 11) is 1.55. The zero-order chi connectivity index (χ0) is 22.2. The molecule has 2 aromatic rings. The molecule has 1 unspecified atom stereocenters. The summed E-state index contributed by atoms with van der Waals surface area (Å²) < 4.78 is 5.15. The smallest absolute Gasteiger partial charge is 0.344 e. The van der Waals surface area contributed by atoms with E-state index in [0.29, 0.717) is 11.3 Å². The molecule has 2 aliphatic heterocycles. The normalized spacial score (nSPS) is 20.4. The molecule has 0 aromatic heterocycles. The number of anilines is 1. The van der Waals surface area contributed by atoms with Crippen LogP contribution < -0.4 is 20.4 Å². The van der Waals surface area contributed by atoms with E-state index in [1.165, 1.54) is 11.1 Å². The molecule has 31 heavy (non-hydrogen) atoms. The highest BCUT2D eigenvalue weighted by Crippen LogP contribution is 2.30. The third kappa shape index (κ3) is 3.81. The lowest BCUT2D eigenvalue weighted by atomic mass is 9.92. The SMILES string of the molecule is COc1ccc(C2(C)NC(=O)N(NC(=O)CN3CCCc4cc(C)ccc43)C2=O)cc1. The Labute approximate surface area is 181 Å². The van der Waals surface area contributed by atoms with E-state index in [4.69, 9.17) is 4.74 Å². The van der Waals surface area contributed by atoms with Gasteiger partial charge < -0.3 is 15.0 Å². The second kappa shape index (κ2) is 7.94. The van der Waals surface area contributed by atoms with Gasteiger partial charge in [-0.3, -0.25) is 15.0 Å². The summed E-state index contributed by atoms with van der Waals surface area (Å²) in [5, 5.41) is 3.45. The lowest BCUT2D eigenvalue weighted by molar-refractivity contribution is -0.138. The summed E-state index contributed by atoms with van der Waals surface area (Å²) >= 11 is 0. The van der Waals surface area contributed by atoms with Crippen LogP contribution in [0, 0.1) is 6.92 Å². The molecule has 2 N–H and O–H groups in total. The first-order chi connectivity index (χ1) is 14.8. The number of rotatable bonds is 5. The van der Waals surface area contributed by atoms with Crippen LogP contribution in [0.4, 0.5) is 10.5 Å². The fourth-order valence-corrected chi connectivity index (χ4v) is 4.16. The Morgan fingerprint density at radius 3 is 2.65 bits per heavy atom. The highest BCUT2D eigenvalue weighted by atomic mass is 16.5. The van der Waals surface area contributed by atoms with E-state index in [0.717, 1.165) is 30.1 Å². The van der Waals surface area contributed by atoms with Crippen LogP contribution in [0.1, 0.15) is 30.0 Å². The van der Waals surface area contributed by atoms with Crippen molar-refractivity contribution in [1.29, 1.82) is 0 Å². The van der Waals surface area contributed by atoms with Crippen molar-refractivity contribution < 1.29 is 19.1 Å². The number of carbonyl (C=O) groups excluding carboxylic acids is 3. The van der Waals surface area contributed by atoms with Gasteiger partial charge in [0.15, 0.2) is 0 Å². The van der Waals surface area contributed by atoms with Gasteiger partial charge in [-0.15, -0.1) is 0 Å². The Balaban J connectivity index is 1.46. The summed E-state index contributed by atoms with van der Waals surface area (Å²) in [5.74, 6) is -0.312. The van der Waals surface area contributed by atoms with Crippen LogP contribution in [0.25, 0.3) is 0 Å². The molecular weight excluding hydrogens is 396 g/mol. The molecule has 8 nitrogen and oxygen atoms in total. The first-order valence-corrected chi connectivity index (χ1v) is 10.3. The third-order valence-corrected chi connectivity index (χ3v) is 5.88. The number of urea groups is 1. The van der Waals surface area contributed by atoms with Crippen LogP contribution >= 0.6 is 0 Å². The van der Waals surface area contributed by atoms with Crippen LogP contribution in [0.5, 0.6) is 5.75 Å². The fraction of sp³-hybridized carbons (Fsp3) is 0.348. The molecule has 2 heterocycles. The van der Waals surface area contributed by atoms with Gasteiger partial charge in [0.05, 0.1) is 13.7 Å². The van der Waals surface area contributed by atoms with Gasteiger partial charge in [0.25, 0.3) is 11.8 Å². The molecule has 162 valence electrons. The van der Waals surface area contributed by atoms with Gasteiger partial charge in [-0.2, -0.15) is 5.01 Å². The molecule has 1 atom stereocenters. The van der Waals surface area contributed by atoms with E-state index in [2.05, 4.69) is 16.8 Å². The fourth-order valence-electron chi connectivity index (χ4n) is 4.16. The van der Waals surface area contributed by atoms with Crippen LogP contribution in [0.15, 0.2) is 42.5 Å². The van der Waals surface area contributed by atoms with E-state index in [1.54, 1.807) is 38.3 Å². The predicted octanol–water partition coefficient (Wildman–Crippen LogP) is 2.25. The van der Waals surface area contributed by atoms with Gasteiger partial charge in [-0.25, -0.2) is 4.79 Å². The van der Waals surface area contributed by atoms with Crippen LogP contribution in [-0.2, 0) is 21.5 Å². The lowest BCUT2D eigenvalue weighted by Gasteiger charge is -2.31. The van der Waals surface area contributed by atoms with Crippen molar-refractivity contribution in [3.63, 3.8) is 0 Å². The molecule has 4 rings (SSSR count). The maximum atomic E-state index is 13.0. The predicted molar refractivity (Wildman–Crippen MR) is 116 cm³/mol. The monoisotopic (exact) mass is 422 g/mol. The Bertz CT molecular complexity index is 1040. The Hall–Kier alpha value is -3.55. The number of fused-ring (bicyclic) bond motifs is 1. The topological polar surface area (TPSA) is 91.0 Å². The summed E-state index contributed by atoms with van der Waals surface area (Å²) in [5.41, 5.74) is 5.22. The number of ether oxygens (including phenoxy) is 1. The molecular formula is C23H26N4O4. The van der Waals surface area contributed by atoms with Gasteiger partial charge in [0.2, 0.25) is 0 Å². The molecule has 0 saturated carbocycles. The number of hydrazine groups is 1. The van der Waals surface area contributed by atoms with Crippen molar-refractivity contribution in [1.82, 2.24) is 15.8 Å². The number of benzene rings is 2. The maximum Gasteiger partial charge on any atom is 0.344 e. The maximum absolute atomic E-state index is 13.0. The van der Waals surface area contributed by atoms with Gasteiger partial charge in [0.1, 0.15) is 11.3 Å². The molecule has 0 bridgehead atoms. The van der Waals surface area contributed by atoms with Crippen molar-refractivity contribution in [3.05, 3.63) is 59.2 Å². The van der Waals surface area contributed by atoms with E-state index < -0.39 is 23.4 Å². The molecule has 2 aliphatic rings. The number of amides is 4. The molecule has 1 saturated heterocycles. The van der Waals surface area contributed by atoms with E-state index in [9.17, 15) is 14.4 Å². The number of hydrogen-bond donors (Lipinski definition) is 2. The number of imide groups is 1. The number of nitrogens with zero attached hydrogens (tertiary/aromatic N) is 2. The van der Waals surface area contributed by atoms with Crippen LogP contribution in [-0.4, -0.2) is 43.1 Å². The summed E-state index contributed by atoms with van der Waals surface area (Å²) in [6.07, 6.45) is 1.92. The molecule has 4 amide bonds. The number of aryl methyl sites for hydroxylation is 2. The number of hydrogen-bond acceptors (Lipinski definition) is 5. The van der Waals surface area contributed by atoms with Crippen LogP contribution in [0.2, 0.25) is 0 Å². The van der Waals surface area contributed by atoms with Crippen LogP contribution in [0.3, 0.4) is 0 Å². The average molecular weight is 422 g/mol. The minimum absolute atomic E-state index is 0.0619. The summed E-state index contributed by atoms with van der Waals surface area (Å²) in [4.78, 5) is 40.2. The highest BCUT2D eigenvalue weighted by molar-refractivity contribution is 6.08. The molecule has 1 fully saturated rings. The van der Waals surface area contributed by atoms with Crippen molar-refractivity contribution in [2.45, 2.75) is 32.2 Å². The summed E-state index contributed by atoms with van der Waals surface area (Å²) in [6.45, 7) is 4.47. The van der Waals surface area contributed by atoms with Gasteiger partial charge in [-0.1, -0.05) is 29.8 Å².